The third kappa shape index (κ3) is 3.04. The van der Waals surface area contributed by atoms with Gasteiger partial charge in [-0.15, -0.1) is 0 Å². The molecule has 0 saturated carbocycles. The first kappa shape index (κ1) is 15.5. The highest BCUT2D eigenvalue weighted by atomic mass is 79.9. The van der Waals surface area contributed by atoms with E-state index in [0.717, 1.165) is 16.9 Å². The van der Waals surface area contributed by atoms with Crippen LogP contribution in [-0.2, 0) is 10.0 Å². The lowest BCUT2D eigenvalue weighted by atomic mass is 10.0. The molecule has 3 rings (SSSR count). The van der Waals surface area contributed by atoms with Crippen LogP contribution >= 0.6 is 15.9 Å². The lowest BCUT2D eigenvalue weighted by Gasteiger charge is -2.26. The molecule has 0 saturated heterocycles. The number of benzene rings is 2. The van der Waals surface area contributed by atoms with Crippen LogP contribution in [-0.4, -0.2) is 15.0 Å². The van der Waals surface area contributed by atoms with Crippen molar-refractivity contribution in [1.82, 2.24) is 4.72 Å². The van der Waals surface area contributed by atoms with Gasteiger partial charge in [-0.1, -0.05) is 24.3 Å². The maximum Gasteiger partial charge on any atom is 0.242 e. The van der Waals surface area contributed by atoms with Crippen molar-refractivity contribution < 1.29 is 13.2 Å². The highest BCUT2D eigenvalue weighted by Crippen LogP contribution is 2.33. The van der Waals surface area contributed by atoms with E-state index in [9.17, 15) is 8.42 Å². The summed E-state index contributed by atoms with van der Waals surface area (Å²) in [5.74, 6) is 0.740. The standard InChI is InChI=1S/C16H16BrNO3S/c1-11-6-7-16(13(17)10-11)22(19,20)18-14-8-9-21-15-5-3-2-4-12(14)15/h2-7,10,14,18H,8-9H2,1H3. The minimum absolute atomic E-state index is 0.252. The highest BCUT2D eigenvalue weighted by molar-refractivity contribution is 9.10. The second kappa shape index (κ2) is 6.02. The minimum Gasteiger partial charge on any atom is -0.493 e. The van der Waals surface area contributed by atoms with Crippen molar-refractivity contribution in [3.63, 3.8) is 0 Å². The first-order chi connectivity index (χ1) is 10.5. The number of hydrogen-bond donors (Lipinski definition) is 1. The zero-order valence-electron chi connectivity index (χ0n) is 12.0. The van der Waals surface area contributed by atoms with Gasteiger partial charge in [-0.3, -0.25) is 0 Å². The molecule has 1 unspecified atom stereocenters. The number of aryl methyl sites for hydroxylation is 1. The van der Waals surface area contributed by atoms with Crippen LogP contribution in [0.2, 0.25) is 0 Å². The molecular weight excluding hydrogens is 366 g/mol. The van der Waals surface area contributed by atoms with Gasteiger partial charge in [-0.05, 0) is 46.6 Å². The summed E-state index contributed by atoms with van der Waals surface area (Å²) in [5, 5.41) is 0. The first-order valence-electron chi connectivity index (χ1n) is 6.97. The largest absolute Gasteiger partial charge is 0.493 e. The summed E-state index contributed by atoms with van der Waals surface area (Å²) in [6, 6.07) is 12.5. The van der Waals surface area contributed by atoms with Gasteiger partial charge in [0, 0.05) is 16.5 Å². The molecule has 0 bridgehead atoms. The van der Waals surface area contributed by atoms with E-state index < -0.39 is 10.0 Å². The van der Waals surface area contributed by atoms with Crippen molar-refractivity contribution >= 4 is 26.0 Å². The Morgan fingerprint density at radius 2 is 2.00 bits per heavy atom. The van der Waals surface area contributed by atoms with Crippen molar-refractivity contribution in [3.05, 3.63) is 58.1 Å². The van der Waals surface area contributed by atoms with E-state index in [4.69, 9.17) is 4.74 Å². The summed E-state index contributed by atoms with van der Waals surface area (Å²) in [6.45, 7) is 2.42. The summed E-state index contributed by atoms with van der Waals surface area (Å²) in [6.07, 6.45) is 0.611. The van der Waals surface area contributed by atoms with Gasteiger partial charge in [0.05, 0.1) is 17.5 Å². The monoisotopic (exact) mass is 381 g/mol. The normalized spacial score (nSPS) is 17.6. The SMILES string of the molecule is Cc1ccc(S(=O)(=O)NC2CCOc3ccccc32)c(Br)c1. The molecule has 0 aromatic heterocycles. The number of hydrogen-bond acceptors (Lipinski definition) is 3. The summed E-state index contributed by atoms with van der Waals surface area (Å²) < 4.78 is 34.3. The number of sulfonamides is 1. The van der Waals surface area contributed by atoms with E-state index in [1.54, 1.807) is 18.2 Å². The Morgan fingerprint density at radius 1 is 1.23 bits per heavy atom. The Kier molecular flexibility index (Phi) is 4.25. The Balaban J connectivity index is 1.93. The molecule has 0 fully saturated rings. The number of nitrogens with one attached hydrogen (secondary N) is 1. The van der Waals surface area contributed by atoms with Crippen molar-refractivity contribution in [2.24, 2.45) is 0 Å². The van der Waals surface area contributed by atoms with Gasteiger partial charge in [0.15, 0.2) is 0 Å². The number of ether oxygens (including phenoxy) is 1. The second-order valence-corrected chi connectivity index (χ2v) is 7.82. The molecule has 1 N–H and O–H groups in total. The maximum atomic E-state index is 12.7. The lowest BCUT2D eigenvalue weighted by molar-refractivity contribution is 0.263. The van der Waals surface area contributed by atoms with Crippen LogP contribution in [0.15, 0.2) is 51.8 Å². The van der Waals surface area contributed by atoms with E-state index in [1.807, 2.05) is 31.2 Å². The van der Waals surface area contributed by atoms with Crippen LogP contribution in [0.1, 0.15) is 23.6 Å². The smallest absolute Gasteiger partial charge is 0.242 e. The van der Waals surface area contributed by atoms with Gasteiger partial charge in [-0.25, -0.2) is 13.1 Å². The molecule has 4 nitrogen and oxygen atoms in total. The van der Waals surface area contributed by atoms with Crippen LogP contribution in [0.5, 0.6) is 5.75 Å². The van der Waals surface area contributed by atoms with Gasteiger partial charge in [0.2, 0.25) is 10.0 Å². The predicted octanol–water partition coefficient (Wildman–Crippen LogP) is 3.56. The zero-order chi connectivity index (χ0) is 15.7. The molecule has 116 valence electrons. The molecule has 1 aliphatic rings. The zero-order valence-corrected chi connectivity index (χ0v) is 14.4. The molecule has 22 heavy (non-hydrogen) atoms. The average Bonchev–Trinajstić information content (AvgIpc) is 2.47. The van der Waals surface area contributed by atoms with Crippen molar-refractivity contribution in [3.8, 4) is 5.75 Å². The van der Waals surface area contributed by atoms with Crippen LogP contribution in [0, 0.1) is 6.92 Å². The predicted molar refractivity (Wildman–Crippen MR) is 88.5 cm³/mol. The van der Waals surface area contributed by atoms with Crippen LogP contribution in [0.25, 0.3) is 0 Å². The fourth-order valence-electron chi connectivity index (χ4n) is 2.54. The number of halogens is 1. The first-order valence-corrected chi connectivity index (χ1v) is 9.25. The van der Waals surface area contributed by atoms with Crippen LogP contribution in [0.4, 0.5) is 0 Å². The van der Waals surface area contributed by atoms with Crippen molar-refractivity contribution in [1.29, 1.82) is 0 Å². The molecule has 1 atom stereocenters. The van der Waals surface area contributed by atoms with Crippen LogP contribution < -0.4 is 9.46 Å². The van der Waals surface area contributed by atoms with Crippen molar-refractivity contribution in [2.45, 2.75) is 24.3 Å². The molecule has 0 spiro atoms. The topological polar surface area (TPSA) is 55.4 Å². The summed E-state index contributed by atoms with van der Waals surface area (Å²) >= 11 is 3.34. The third-order valence-corrected chi connectivity index (χ3v) is 6.08. The summed E-state index contributed by atoms with van der Waals surface area (Å²) in [7, 11) is -3.60. The fraction of sp³-hybridized carbons (Fsp3) is 0.250. The van der Waals surface area contributed by atoms with E-state index in [1.165, 1.54) is 0 Å². The molecular formula is C16H16BrNO3S. The number of para-hydroxylation sites is 1. The second-order valence-electron chi connectivity index (χ2n) is 5.28. The summed E-state index contributed by atoms with van der Waals surface area (Å²) in [5.41, 5.74) is 1.88. The fourth-order valence-corrected chi connectivity index (χ4v) is 4.98. The van der Waals surface area contributed by atoms with E-state index in [-0.39, 0.29) is 10.9 Å². The molecule has 0 aliphatic carbocycles. The van der Waals surface area contributed by atoms with E-state index in [0.29, 0.717) is 17.5 Å². The Labute approximate surface area is 138 Å². The number of rotatable bonds is 3. The Bertz CT molecular complexity index is 805. The van der Waals surface area contributed by atoms with E-state index in [2.05, 4.69) is 20.7 Å². The Hall–Kier alpha value is -1.37. The molecule has 2 aromatic carbocycles. The molecule has 0 radical (unpaired) electrons. The average molecular weight is 382 g/mol. The minimum atomic E-state index is -3.60. The van der Waals surface area contributed by atoms with Gasteiger partial charge < -0.3 is 4.74 Å². The lowest BCUT2D eigenvalue weighted by Crippen LogP contribution is -2.32. The van der Waals surface area contributed by atoms with E-state index >= 15 is 0 Å². The molecule has 1 heterocycles. The Morgan fingerprint density at radius 3 is 2.77 bits per heavy atom. The third-order valence-electron chi connectivity index (χ3n) is 3.63. The van der Waals surface area contributed by atoms with Gasteiger partial charge in [0.1, 0.15) is 5.75 Å². The quantitative estimate of drug-likeness (QED) is 0.883. The molecule has 2 aromatic rings. The molecule has 1 aliphatic heterocycles. The number of fused-ring (bicyclic) bond motifs is 1. The van der Waals surface area contributed by atoms with Crippen LogP contribution in [0.3, 0.4) is 0 Å². The molecule has 6 heteroatoms. The molecule has 0 amide bonds. The summed E-state index contributed by atoms with van der Waals surface area (Å²) in [4.78, 5) is 0.252. The maximum absolute atomic E-state index is 12.7. The van der Waals surface area contributed by atoms with Crippen molar-refractivity contribution in [2.75, 3.05) is 6.61 Å². The van der Waals surface area contributed by atoms with Gasteiger partial charge in [-0.2, -0.15) is 0 Å². The van der Waals surface area contributed by atoms with Gasteiger partial charge in [0.25, 0.3) is 0 Å². The highest BCUT2D eigenvalue weighted by Gasteiger charge is 2.27. The van der Waals surface area contributed by atoms with Gasteiger partial charge >= 0.3 is 0 Å².